The van der Waals surface area contributed by atoms with Gasteiger partial charge in [-0.25, -0.2) is 0 Å². The van der Waals surface area contributed by atoms with Gasteiger partial charge >= 0.3 is 0 Å². The molecule has 4 nitrogen and oxygen atoms in total. The summed E-state index contributed by atoms with van der Waals surface area (Å²) in [5.74, 6) is 0.998. The molecule has 0 saturated heterocycles. The van der Waals surface area contributed by atoms with Gasteiger partial charge in [0.25, 0.3) is 0 Å². The third-order valence-corrected chi connectivity index (χ3v) is 3.36. The summed E-state index contributed by atoms with van der Waals surface area (Å²) in [6.45, 7) is 5.52. The number of likely N-dealkylation sites (N-methyl/N-ethyl adjacent to an activating group) is 1. The highest BCUT2D eigenvalue weighted by molar-refractivity contribution is 5.80. The number of nitrogens with zero attached hydrogens (tertiary/aromatic N) is 1. The van der Waals surface area contributed by atoms with Crippen LogP contribution in [0.1, 0.15) is 38.7 Å². The lowest BCUT2D eigenvalue weighted by molar-refractivity contribution is -0.130. The second-order valence-corrected chi connectivity index (χ2v) is 5.53. The summed E-state index contributed by atoms with van der Waals surface area (Å²) in [4.78, 5) is 13.3. The molecule has 0 aromatic heterocycles. The molecule has 0 aliphatic heterocycles. The Morgan fingerprint density at radius 2 is 1.90 bits per heavy atom. The van der Waals surface area contributed by atoms with Crippen molar-refractivity contribution in [1.29, 1.82) is 0 Å². The Morgan fingerprint density at radius 1 is 1.24 bits per heavy atom. The minimum absolute atomic E-state index is 0.0888. The molecule has 21 heavy (non-hydrogen) atoms. The van der Waals surface area contributed by atoms with Crippen molar-refractivity contribution < 1.29 is 9.53 Å². The Morgan fingerprint density at radius 3 is 2.48 bits per heavy atom. The predicted molar refractivity (Wildman–Crippen MR) is 86.5 cm³/mol. The van der Waals surface area contributed by atoms with E-state index in [0.717, 1.165) is 24.3 Å². The Kier molecular flexibility index (Phi) is 7.83. The average molecular weight is 292 g/mol. The zero-order valence-corrected chi connectivity index (χ0v) is 13.7. The van der Waals surface area contributed by atoms with E-state index in [1.807, 2.05) is 31.2 Å². The van der Waals surface area contributed by atoms with Gasteiger partial charge in [-0.15, -0.1) is 0 Å². The number of carbonyl (C=O) groups is 1. The van der Waals surface area contributed by atoms with E-state index in [4.69, 9.17) is 4.74 Å². The number of nitrogens with one attached hydrogen (secondary N) is 1. The molecule has 0 aliphatic rings. The minimum Gasteiger partial charge on any atom is -0.494 e. The van der Waals surface area contributed by atoms with Crippen molar-refractivity contribution >= 4 is 5.91 Å². The lowest BCUT2D eigenvalue weighted by Gasteiger charge is -2.18. The van der Waals surface area contributed by atoms with Gasteiger partial charge < -0.3 is 15.0 Å². The number of hydrogen-bond acceptors (Lipinski definition) is 3. The van der Waals surface area contributed by atoms with E-state index < -0.39 is 0 Å². The Labute approximate surface area is 128 Å². The predicted octanol–water partition coefficient (Wildman–Crippen LogP) is 2.82. The molecule has 4 heteroatoms. The van der Waals surface area contributed by atoms with Crippen LogP contribution in [0.25, 0.3) is 0 Å². The number of hydrogen-bond donors (Lipinski definition) is 1. The number of carbonyl (C=O) groups excluding carboxylic acids is 1. The van der Waals surface area contributed by atoms with Gasteiger partial charge in [0.2, 0.25) is 5.91 Å². The van der Waals surface area contributed by atoms with Gasteiger partial charge in [-0.1, -0.05) is 31.9 Å². The van der Waals surface area contributed by atoms with Crippen molar-refractivity contribution in [3.05, 3.63) is 29.8 Å². The summed E-state index contributed by atoms with van der Waals surface area (Å²) in [5.41, 5.74) is 1.15. The fraction of sp³-hybridized carbons (Fsp3) is 0.588. The van der Waals surface area contributed by atoms with Crippen molar-refractivity contribution in [2.75, 3.05) is 20.7 Å². The van der Waals surface area contributed by atoms with Crippen LogP contribution in [0, 0.1) is 0 Å². The molecule has 0 spiro atoms. The first kappa shape index (κ1) is 17.5. The highest BCUT2D eigenvalue weighted by atomic mass is 16.5. The Balaban J connectivity index is 2.35. The first-order chi connectivity index (χ1) is 10.0. The fourth-order valence-corrected chi connectivity index (χ4v) is 1.99. The maximum atomic E-state index is 11.7. The molecule has 1 unspecified atom stereocenters. The smallest absolute Gasteiger partial charge is 0.238 e. The van der Waals surface area contributed by atoms with Crippen molar-refractivity contribution in [3.63, 3.8) is 0 Å². The number of amides is 1. The topological polar surface area (TPSA) is 41.6 Å². The van der Waals surface area contributed by atoms with Crippen LogP contribution in [0.5, 0.6) is 5.75 Å². The first-order valence-electron chi connectivity index (χ1n) is 7.71. The lowest BCUT2D eigenvalue weighted by Crippen LogP contribution is -2.41. The number of ether oxygens (including phenoxy) is 1. The molecular weight excluding hydrogens is 264 g/mol. The lowest BCUT2D eigenvalue weighted by atomic mass is 10.2. The maximum Gasteiger partial charge on any atom is 0.238 e. The van der Waals surface area contributed by atoms with Gasteiger partial charge in [0.15, 0.2) is 0 Å². The maximum absolute atomic E-state index is 11.7. The average Bonchev–Trinajstić information content (AvgIpc) is 2.49. The third kappa shape index (κ3) is 6.63. The van der Waals surface area contributed by atoms with Crippen LogP contribution in [0.2, 0.25) is 0 Å². The van der Waals surface area contributed by atoms with Crippen LogP contribution < -0.4 is 10.1 Å². The molecule has 0 bridgehead atoms. The summed E-state index contributed by atoms with van der Waals surface area (Å²) in [6, 6.07) is 7.87. The van der Waals surface area contributed by atoms with Gasteiger partial charge in [-0.3, -0.25) is 4.79 Å². The fourth-order valence-electron chi connectivity index (χ4n) is 1.99. The van der Waals surface area contributed by atoms with E-state index in [9.17, 15) is 4.79 Å². The summed E-state index contributed by atoms with van der Waals surface area (Å²) in [6.07, 6.45) is 3.52. The van der Waals surface area contributed by atoms with E-state index in [1.54, 1.807) is 19.0 Å². The van der Waals surface area contributed by atoms with Crippen molar-refractivity contribution in [3.8, 4) is 5.75 Å². The molecule has 0 fully saturated rings. The number of rotatable bonds is 9. The molecule has 0 heterocycles. The van der Waals surface area contributed by atoms with Gasteiger partial charge in [0.1, 0.15) is 5.75 Å². The standard InChI is InChI=1S/C17H28N2O2/c1-5-6-7-12-21-16-10-8-15(9-11-16)13-18-14(2)17(20)19(3)4/h8-11,14,18H,5-7,12-13H2,1-4H3. The molecule has 1 N–H and O–H groups in total. The van der Waals surface area contributed by atoms with Gasteiger partial charge in [-0.05, 0) is 31.0 Å². The van der Waals surface area contributed by atoms with Crippen LogP contribution >= 0.6 is 0 Å². The van der Waals surface area contributed by atoms with Crippen LogP contribution in [0.15, 0.2) is 24.3 Å². The summed E-state index contributed by atoms with van der Waals surface area (Å²) < 4.78 is 5.68. The summed E-state index contributed by atoms with van der Waals surface area (Å²) in [7, 11) is 3.54. The molecule has 1 rings (SSSR count). The molecule has 118 valence electrons. The highest BCUT2D eigenvalue weighted by Gasteiger charge is 2.13. The quantitative estimate of drug-likeness (QED) is 0.712. The Bertz CT molecular complexity index is 415. The molecule has 1 amide bonds. The minimum atomic E-state index is -0.176. The van der Waals surface area contributed by atoms with E-state index in [1.165, 1.54) is 12.8 Å². The van der Waals surface area contributed by atoms with Crippen molar-refractivity contribution in [2.45, 2.75) is 45.7 Å². The summed E-state index contributed by atoms with van der Waals surface area (Å²) in [5, 5.41) is 3.23. The van der Waals surface area contributed by atoms with Gasteiger partial charge in [-0.2, -0.15) is 0 Å². The zero-order chi connectivity index (χ0) is 15.7. The van der Waals surface area contributed by atoms with Gasteiger partial charge in [0.05, 0.1) is 12.6 Å². The molecule has 0 aliphatic carbocycles. The van der Waals surface area contributed by atoms with Crippen molar-refractivity contribution in [2.24, 2.45) is 0 Å². The molecule has 0 radical (unpaired) electrons. The van der Waals surface area contributed by atoms with Gasteiger partial charge in [0, 0.05) is 20.6 Å². The molecule has 1 aromatic carbocycles. The summed E-state index contributed by atoms with van der Waals surface area (Å²) >= 11 is 0. The van der Waals surface area contributed by atoms with E-state index in [2.05, 4.69) is 12.2 Å². The first-order valence-corrected chi connectivity index (χ1v) is 7.71. The van der Waals surface area contributed by atoms with E-state index >= 15 is 0 Å². The number of unbranched alkanes of at least 4 members (excludes halogenated alkanes) is 2. The largest absolute Gasteiger partial charge is 0.494 e. The number of benzene rings is 1. The van der Waals surface area contributed by atoms with Crippen LogP contribution in [-0.4, -0.2) is 37.6 Å². The second-order valence-electron chi connectivity index (χ2n) is 5.53. The van der Waals surface area contributed by atoms with Crippen LogP contribution in [0.3, 0.4) is 0 Å². The molecule has 1 atom stereocenters. The second kappa shape index (κ2) is 9.40. The SMILES string of the molecule is CCCCCOc1ccc(CNC(C)C(=O)N(C)C)cc1. The molecule has 0 saturated carbocycles. The van der Waals surface area contributed by atoms with E-state index in [-0.39, 0.29) is 11.9 Å². The molecular formula is C17H28N2O2. The zero-order valence-electron chi connectivity index (χ0n) is 13.7. The third-order valence-electron chi connectivity index (χ3n) is 3.36. The molecule has 1 aromatic rings. The van der Waals surface area contributed by atoms with Crippen molar-refractivity contribution in [1.82, 2.24) is 10.2 Å². The normalized spacial score (nSPS) is 12.0. The van der Waals surface area contributed by atoms with Crippen LogP contribution in [-0.2, 0) is 11.3 Å². The Hall–Kier alpha value is -1.55. The monoisotopic (exact) mass is 292 g/mol. The van der Waals surface area contributed by atoms with E-state index in [0.29, 0.717) is 6.54 Å². The van der Waals surface area contributed by atoms with Crippen LogP contribution in [0.4, 0.5) is 0 Å². The highest BCUT2D eigenvalue weighted by Crippen LogP contribution is 2.13.